The van der Waals surface area contributed by atoms with Crippen LogP contribution in [0.25, 0.3) is 0 Å². The van der Waals surface area contributed by atoms with Gasteiger partial charge in [-0.3, -0.25) is 9.88 Å². The molecule has 0 saturated heterocycles. The van der Waals surface area contributed by atoms with Gasteiger partial charge in [0.05, 0.1) is 12.8 Å². The van der Waals surface area contributed by atoms with E-state index < -0.39 is 0 Å². The first-order valence-corrected chi connectivity index (χ1v) is 8.10. The number of pyridine rings is 1. The maximum Gasteiger partial charge on any atom is 0.128 e. The Kier molecular flexibility index (Phi) is 6.00. The molecule has 4 nitrogen and oxygen atoms in total. The molecular formula is C17H29N3O. The quantitative estimate of drug-likeness (QED) is 0.875. The van der Waals surface area contributed by atoms with E-state index in [4.69, 9.17) is 10.5 Å². The Morgan fingerprint density at radius 2 is 2.00 bits per heavy atom. The molecule has 0 radical (unpaired) electrons. The second-order valence-electron chi connectivity index (χ2n) is 6.10. The van der Waals surface area contributed by atoms with Crippen molar-refractivity contribution < 1.29 is 4.74 Å². The van der Waals surface area contributed by atoms with E-state index in [1.54, 1.807) is 7.11 Å². The van der Waals surface area contributed by atoms with Gasteiger partial charge in [-0.15, -0.1) is 0 Å². The Labute approximate surface area is 128 Å². The number of nitrogens with two attached hydrogens (primary N) is 1. The lowest BCUT2D eigenvalue weighted by molar-refractivity contribution is 0.150. The minimum absolute atomic E-state index is 0.663. The van der Waals surface area contributed by atoms with Crippen molar-refractivity contribution in [1.82, 2.24) is 9.88 Å². The van der Waals surface area contributed by atoms with Crippen LogP contribution in [0.1, 0.15) is 48.9 Å². The maximum absolute atomic E-state index is 5.82. The first kappa shape index (κ1) is 16.2. The lowest BCUT2D eigenvalue weighted by Gasteiger charge is -2.34. The SMILES string of the molecule is COc1c(C)cnc(CN(CCN)C2CCCCC2)c1C. The summed E-state index contributed by atoms with van der Waals surface area (Å²) >= 11 is 0. The van der Waals surface area contributed by atoms with Gasteiger partial charge < -0.3 is 10.5 Å². The number of methoxy groups -OCH3 is 1. The highest BCUT2D eigenvalue weighted by molar-refractivity contribution is 5.41. The van der Waals surface area contributed by atoms with E-state index in [1.165, 1.54) is 32.1 Å². The van der Waals surface area contributed by atoms with Crippen LogP contribution in [-0.2, 0) is 6.54 Å². The van der Waals surface area contributed by atoms with Gasteiger partial charge in [-0.05, 0) is 26.7 Å². The normalized spacial score (nSPS) is 16.4. The third-order valence-corrected chi connectivity index (χ3v) is 4.61. The molecule has 1 fully saturated rings. The Bertz CT molecular complexity index is 456. The molecule has 2 rings (SSSR count). The van der Waals surface area contributed by atoms with Crippen LogP contribution < -0.4 is 10.5 Å². The van der Waals surface area contributed by atoms with Crippen LogP contribution in [0.15, 0.2) is 6.20 Å². The molecule has 1 aliphatic rings. The van der Waals surface area contributed by atoms with Crippen LogP contribution in [0.2, 0.25) is 0 Å². The molecule has 0 bridgehead atoms. The highest BCUT2D eigenvalue weighted by Gasteiger charge is 2.22. The molecule has 0 atom stereocenters. The summed E-state index contributed by atoms with van der Waals surface area (Å²) in [4.78, 5) is 7.16. The average molecular weight is 291 g/mol. The summed E-state index contributed by atoms with van der Waals surface area (Å²) in [7, 11) is 1.73. The maximum atomic E-state index is 5.82. The molecule has 1 aromatic rings. The van der Waals surface area contributed by atoms with Crippen molar-refractivity contribution in [2.24, 2.45) is 5.73 Å². The summed E-state index contributed by atoms with van der Waals surface area (Å²) in [5, 5.41) is 0. The standard InChI is InChI=1S/C17H29N3O/c1-13-11-19-16(14(2)17(13)21-3)12-20(10-9-18)15-7-5-4-6-8-15/h11,15H,4-10,12,18H2,1-3H3. The second-order valence-corrected chi connectivity index (χ2v) is 6.10. The Morgan fingerprint density at radius 3 is 2.62 bits per heavy atom. The van der Waals surface area contributed by atoms with Gasteiger partial charge in [0.2, 0.25) is 0 Å². The van der Waals surface area contributed by atoms with Crippen molar-refractivity contribution in [3.63, 3.8) is 0 Å². The molecule has 0 unspecified atom stereocenters. The number of ether oxygens (including phenoxy) is 1. The number of aryl methyl sites for hydroxylation is 1. The molecule has 118 valence electrons. The number of aromatic nitrogens is 1. The monoisotopic (exact) mass is 291 g/mol. The lowest BCUT2D eigenvalue weighted by Crippen LogP contribution is -2.39. The van der Waals surface area contributed by atoms with Gasteiger partial charge in [0.1, 0.15) is 5.75 Å². The number of hydrogen-bond donors (Lipinski definition) is 1. The molecule has 0 amide bonds. The van der Waals surface area contributed by atoms with E-state index in [2.05, 4.69) is 16.8 Å². The van der Waals surface area contributed by atoms with Crippen molar-refractivity contribution in [1.29, 1.82) is 0 Å². The van der Waals surface area contributed by atoms with Gasteiger partial charge in [0, 0.05) is 43.0 Å². The predicted octanol–water partition coefficient (Wildman–Crippen LogP) is 2.80. The van der Waals surface area contributed by atoms with Crippen LogP contribution in [-0.4, -0.2) is 36.1 Å². The van der Waals surface area contributed by atoms with Gasteiger partial charge in [-0.2, -0.15) is 0 Å². The van der Waals surface area contributed by atoms with Crippen LogP contribution in [0, 0.1) is 13.8 Å². The summed E-state index contributed by atoms with van der Waals surface area (Å²) in [6.45, 7) is 6.68. The van der Waals surface area contributed by atoms with Gasteiger partial charge in [-0.1, -0.05) is 19.3 Å². The summed E-state index contributed by atoms with van der Waals surface area (Å²) in [6, 6.07) is 0.663. The molecule has 0 spiro atoms. The molecule has 21 heavy (non-hydrogen) atoms. The number of hydrogen-bond acceptors (Lipinski definition) is 4. The summed E-state index contributed by atoms with van der Waals surface area (Å²) in [6.07, 6.45) is 8.57. The van der Waals surface area contributed by atoms with Crippen molar-refractivity contribution in [3.05, 3.63) is 23.0 Å². The number of rotatable bonds is 6. The third kappa shape index (κ3) is 3.95. The fourth-order valence-electron chi connectivity index (χ4n) is 3.43. The first-order chi connectivity index (χ1) is 10.2. The van der Waals surface area contributed by atoms with Crippen LogP contribution in [0.3, 0.4) is 0 Å². The van der Waals surface area contributed by atoms with Gasteiger partial charge in [0.25, 0.3) is 0 Å². The van der Waals surface area contributed by atoms with E-state index in [-0.39, 0.29) is 0 Å². The molecule has 1 heterocycles. The second kappa shape index (κ2) is 7.76. The summed E-state index contributed by atoms with van der Waals surface area (Å²) in [5.74, 6) is 0.969. The molecular weight excluding hydrogens is 262 g/mol. The predicted molar refractivity (Wildman–Crippen MR) is 86.6 cm³/mol. The van der Waals surface area contributed by atoms with Crippen molar-refractivity contribution in [2.45, 2.75) is 58.5 Å². The van der Waals surface area contributed by atoms with Crippen molar-refractivity contribution >= 4 is 0 Å². The smallest absolute Gasteiger partial charge is 0.128 e. The van der Waals surface area contributed by atoms with E-state index in [0.29, 0.717) is 12.6 Å². The molecule has 2 N–H and O–H groups in total. The fraction of sp³-hybridized carbons (Fsp3) is 0.706. The average Bonchev–Trinajstić information content (AvgIpc) is 2.51. The minimum atomic E-state index is 0.663. The van der Waals surface area contributed by atoms with Gasteiger partial charge in [-0.25, -0.2) is 0 Å². The largest absolute Gasteiger partial charge is 0.496 e. The first-order valence-electron chi connectivity index (χ1n) is 8.10. The molecule has 4 heteroatoms. The fourth-order valence-corrected chi connectivity index (χ4v) is 3.43. The van der Waals surface area contributed by atoms with E-state index in [1.807, 2.05) is 13.1 Å². The highest BCUT2D eigenvalue weighted by Crippen LogP contribution is 2.27. The topological polar surface area (TPSA) is 51.4 Å². The lowest BCUT2D eigenvalue weighted by atomic mass is 9.94. The molecule has 1 aromatic heterocycles. The molecule has 0 aromatic carbocycles. The van der Waals surface area contributed by atoms with E-state index in [0.717, 1.165) is 35.7 Å². The van der Waals surface area contributed by atoms with Crippen LogP contribution in [0.4, 0.5) is 0 Å². The molecule has 1 aliphatic carbocycles. The molecule has 0 aliphatic heterocycles. The molecule has 1 saturated carbocycles. The number of nitrogens with zero attached hydrogens (tertiary/aromatic N) is 2. The van der Waals surface area contributed by atoms with Crippen molar-refractivity contribution in [3.8, 4) is 5.75 Å². The van der Waals surface area contributed by atoms with Crippen LogP contribution in [0.5, 0.6) is 5.75 Å². The zero-order valence-electron chi connectivity index (χ0n) is 13.7. The zero-order valence-corrected chi connectivity index (χ0v) is 13.7. The zero-order chi connectivity index (χ0) is 15.2. The Hall–Kier alpha value is -1.13. The third-order valence-electron chi connectivity index (χ3n) is 4.61. The Morgan fingerprint density at radius 1 is 1.29 bits per heavy atom. The van der Waals surface area contributed by atoms with Crippen LogP contribution >= 0.6 is 0 Å². The summed E-state index contributed by atoms with van der Waals surface area (Å²) in [5.41, 5.74) is 9.20. The minimum Gasteiger partial charge on any atom is -0.496 e. The summed E-state index contributed by atoms with van der Waals surface area (Å²) < 4.78 is 5.52. The van der Waals surface area contributed by atoms with Gasteiger partial charge >= 0.3 is 0 Å². The highest BCUT2D eigenvalue weighted by atomic mass is 16.5. The van der Waals surface area contributed by atoms with Gasteiger partial charge in [0.15, 0.2) is 0 Å². The van der Waals surface area contributed by atoms with Crippen molar-refractivity contribution in [2.75, 3.05) is 20.2 Å². The Balaban J connectivity index is 2.16. The van der Waals surface area contributed by atoms with E-state index in [9.17, 15) is 0 Å². The van der Waals surface area contributed by atoms with E-state index >= 15 is 0 Å².